The number of amides is 2. The van der Waals surface area contributed by atoms with Gasteiger partial charge in [-0.15, -0.1) is 0 Å². The predicted octanol–water partition coefficient (Wildman–Crippen LogP) is 5.10. The fraction of sp³-hybridized carbons (Fsp3) is 0.391. The summed E-state index contributed by atoms with van der Waals surface area (Å²) in [5.74, 6) is 0.0604. The molecule has 2 aromatic carbocycles. The summed E-state index contributed by atoms with van der Waals surface area (Å²) in [5, 5.41) is 2.87. The molecule has 0 aliphatic carbocycles. The van der Waals surface area contributed by atoms with Gasteiger partial charge in [-0.3, -0.25) is 9.59 Å². The zero-order valence-corrected chi connectivity index (χ0v) is 17.2. The van der Waals surface area contributed by atoms with E-state index in [1.54, 1.807) is 0 Å². The normalized spacial score (nSPS) is 11.4. The molecule has 0 saturated heterocycles. The van der Waals surface area contributed by atoms with Gasteiger partial charge >= 0.3 is 0 Å². The van der Waals surface area contributed by atoms with Crippen molar-refractivity contribution in [3.63, 3.8) is 0 Å². The lowest BCUT2D eigenvalue weighted by Gasteiger charge is -2.23. The fourth-order valence-electron chi connectivity index (χ4n) is 2.82. The van der Waals surface area contributed by atoms with Crippen LogP contribution in [0, 0.1) is 0 Å². The first-order chi connectivity index (χ1) is 12.6. The highest BCUT2D eigenvalue weighted by Gasteiger charge is 2.18. The molecule has 0 spiro atoms. The summed E-state index contributed by atoms with van der Waals surface area (Å²) in [7, 11) is 0. The number of carbonyl (C=O) groups is 2. The third-order valence-electron chi connectivity index (χ3n) is 4.59. The Labute approximate surface area is 162 Å². The van der Waals surface area contributed by atoms with Crippen LogP contribution >= 0.6 is 0 Å². The van der Waals surface area contributed by atoms with Crippen molar-refractivity contribution < 1.29 is 9.59 Å². The molecule has 2 rings (SSSR count). The third kappa shape index (κ3) is 5.68. The zero-order chi connectivity index (χ0) is 20.2. The minimum Gasteiger partial charge on any atom is -0.325 e. The van der Waals surface area contributed by atoms with Crippen LogP contribution in [-0.2, 0) is 15.0 Å². The van der Waals surface area contributed by atoms with E-state index in [4.69, 9.17) is 0 Å². The number of hydrogen-bond acceptors (Lipinski definition) is 2. The average Bonchev–Trinajstić information content (AvgIpc) is 2.59. The Morgan fingerprint density at radius 2 is 1.52 bits per heavy atom. The molecule has 27 heavy (non-hydrogen) atoms. The first kappa shape index (κ1) is 20.7. The van der Waals surface area contributed by atoms with Gasteiger partial charge in [0.2, 0.25) is 11.8 Å². The summed E-state index contributed by atoms with van der Waals surface area (Å²) in [5.41, 5.74) is 3.90. The molecule has 0 unspecified atom stereocenters. The summed E-state index contributed by atoms with van der Waals surface area (Å²) in [6, 6.07) is 15.6. The van der Waals surface area contributed by atoms with Crippen molar-refractivity contribution in [2.45, 2.75) is 52.9 Å². The maximum atomic E-state index is 12.4. The van der Waals surface area contributed by atoms with Gasteiger partial charge in [0, 0.05) is 18.3 Å². The molecule has 0 radical (unpaired) electrons. The number of anilines is 2. The van der Waals surface area contributed by atoms with Crippen molar-refractivity contribution in [2.75, 3.05) is 16.8 Å². The first-order valence-electron chi connectivity index (χ1n) is 9.36. The Bertz CT molecular complexity index is 785. The SMILES string of the molecule is CC(=O)N(CC(=O)Nc1ccc(C(C)C)cc1)c1ccc(C(C)(C)C)cc1. The molecule has 0 fully saturated rings. The molecule has 2 aromatic rings. The molecular formula is C23H30N2O2. The zero-order valence-electron chi connectivity index (χ0n) is 17.2. The van der Waals surface area contributed by atoms with E-state index in [2.05, 4.69) is 39.9 Å². The van der Waals surface area contributed by atoms with Crippen LogP contribution in [0.2, 0.25) is 0 Å². The van der Waals surface area contributed by atoms with Gasteiger partial charge in [-0.25, -0.2) is 0 Å². The van der Waals surface area contributed by atoms with Gasteiger partial charge in [0.05, 0.1) is 0 Å². The highest BCUT2D eigenvalue weighted by Crippen LogP contribution is 2.25. The Hall–Kier alpha value is -2.62. The molecule has 0 heterocycles. The van der Waals surface area contributed by atoms with Crippen LogP contribution in [-0.4, -0.2) is 18.4 Å². The van der Waals surface area contributed by atoms with Gasteiger partial charge in [0.25, 0.3) is 0 Å². The van der Waals surface area contributed by atoms with Gasteiger partial charge in [0.15, 0.2) is 0 Å². The van der Waals surface area contributed by atoms with Gasteiger partial charge < -0.3 is 10.2 Å². The van der Waals surface area contributed by atoms with E-state index in [0.717, 1.165) is 11.4 Å². The fourth-order valence-corrected chi connectivity index (χ4v) is 2.82. The summed E-state index contributed by atoms with van der Waals surface area (Å²) < 4.78 is 0. The lowest BCUT2D eigenvalue weighted by atomic mass is 9.87. The Morgan fingerprint density at radius 3 is 1.96 bits per heavy atom. The standard InChI is InChI=1S/C23H30N2O2/c1-16(2)18-7-11-20(12-8-18)24-22(27)15-25(17(3)26)21-13-9-19(10-14-21)23(4,5)6/h7-14,16H,15H2,1-6H3,(H,24,27). The predicted molar refractivity (Wildman–Crippen MR) is 112 cm³/mol. The van der Waals surface area contributed by atoms with Crippen molar-refractivity contribution in [2.24, 2.45) is 0 Å². The molecule has 0 atom stereocenters. The van der Waals surface area contributed by atoms with Crippen LogP contribution in [0.15, 0.2) is 48.5 Å². The molecule has 0 saturated carbocycles. The maximum Gasteiger partial charge on any atom is 0.244 e. The average molecular weight is 367 g/mol. The second kappa shape index (κ2) is 8.38. The minimum atomic E-state index is -0.220. The third-order valence-corrected chi connectivity index (χ3v) is 4.59. The minimum absolute atomic E-state index is 0.0177. The molecule has 0 bridgehead atoms. The molecule has 1 N–H and O–H groups in total. The van der Waals surface area contributed by atoms with Crippen LogP contribution in [0.3, 0.4) is 0 Å². The van der Waals surface area contributed by atoms with Crippen LogP contribution < -0.4 is 10.2 Å². The molecule has 2 amide bonds. The highest BCUT2D eigenvalue weighted by atomic mass is 16.2. The number of hydrogen-bond donors (Lipinski definition) is 1. The molecule has 4 nitrogen and oxygen atoms in total. The molecule has 0 aromatic heterocycles. The van der Waals surface area contributed by atoms with Crippen LogP contribution in [0.25, 0.3) is 0 Å². The number of rotatable bonds is 5. The van der Waals surface area contributed by atoms with E-state index in [1.807, 2.05) is 48.5 Å². The lowest BCUT2D eigenvalue weighted by Crippen LogP contribution is -2.36. The van der Waals surface area contributed by atoms with Crippen molar-refractivity contribution >= 4 is 23.2 Å². The lowest BCUT2D eigenvalue weighted by molar-refractivity contribution is -0.120. The van der Waals surface area contributed by atoms with E-state index in [1.165, 1.54) is 23.0 Å². The van der Waals surface area contributed by atoms with Crippen molar-refractivity contribution in [3.05, 3.63) is 59.7 Å². The van der Waals surface area contributed by atoms with E-state index in [-0.39, 0.29) is 23.8 Å². The largest absolute Gasteiger partial charge is 0.325 e. The van der Waals surface area contributed by atoms with Gasteiger partial charge in [0.1, 0.15) is 6.54 Å². The molecule has 144 valence electrons. The second-order valence-electron chi connectivity index (χ2n) is 8.23. The van der Waals surface area contributed by atoms with E-state index < -0.39 is 0 Å². The first-order valence-corrected chi connectivity index (χ1v) is 9.36. The quantitative estimate of drug-likeness (QED) is 0.800. The Morgan fingerprint density at radius 1 is 0.963 bits per heavy atom. The van der Waals surface area contributed by atoms with Gasteiger partial charge in [-0.1, -0.05) is 58.9 Å². The second-order valence-corrected chi connectivity index (χ2v) is 8.23. The molecule has 0 aliphatic heterocycles. The van der Waals surface area contributed by atoms with E-state index >= 15 is 0 Å². The topological polar surface area (TPSA) is 49.4 Å². The number of nitrogens with zero attached hydrogens (tertiary/aromatic N) is 1. The molecule has 4 heteroatoms. The molecular weight excluding hydrogens is 336 g/mol. The van der Waals surface area contributed by atoms with Crippen LogP contribution in [0.1, 0.15) is 58.6 Å². The summed E-state index contributed by atoms with van der Waals surface area (Å²) in [4.78, 5) is 26.0. The van der Waals surface area contributed by atoms with Crippen molar-refractivity contribution in [3.8, 4) is 0 Å². The van der Waals surface area contributed by atoms with Gasteiger partial charge in [-0.05, 0) is 46.7 Å². The van der Waals surface area contributed by atoms with Crippen LogP contribution in [0.4, 0.5) is 11.4 Å². The molecule has 0 aliphatic rings. The smallest absolute Gasteiger partial charge is 0.244 e. The van der Waals surface area contributed by atoms with Crippen molar-refractivity contribution in [1.29, 1.82) is 0 Å². The Balaban J connectivity index is 2.09. The van der Waals surface area contributed by atoms with Crippen molar-refractivity contribution in [1.82, 2.24) is 0 Å². The summed E-state index contributed by atoms with van der Waals surface area (Å²) >= 11 is 0. The van der Waals surface area contributed by atoms with E-state index in [9.17, 15) is 9.59 Å². The maximum absolute atomic E-state index is 12.4. The summed E-state index contributed by atoms with van der Waals surface area (Å²) in [6.45, 7) is 12.1. The summed E-state index contributed by atoms with van der Waals surface area (Å²) in [6.07, 6.45) is 0. The van der Waals surface area contributed by atoms with E-state index in [0.29, 0.717) is 5.92 Å². The number of benzene rings is 2. The number of carbonyl (C=O) groups excluding carboxylic acids is 2. The monoisotopic (exact) mass is 366 g/mol. The Kier molecular flexibility index (Phi) is 6.42. The van der Waals surface area contributed by atoms with Crippen LogP contribution in [0.5, 0.6) is 0 Å². The highest BCUT2D eigenvalue weighted by molar-refractivity contribution is 6.01. The number of nitrogens with one attached hydrogen (secondary N) is 1. The van der Waals surface area contributed by atoms with Gasteiger partial charge in [-0.2, -0.15) is 0 Å².